The van der Waals surface area contributed by atoms with Gasteiger partial charge in [-0.05, 0) is 50.6 Å². The van der Waals surface area contributed by atoms with Crippen molar-refractivity contribution in [2.24, 2.45) is 0 Å². The monoisotopic (exact) mass is 282 g/mol. The van der Waals surface area contributed by atoms with Gasteiger partial charge >= 0.3 is 0 Å². The van der Waals surface area contributed by atoms with E-state index in [1.54, 1.807) is 25.3 Å². The summed E-state index contributed by atoms with van der Waals surface area (Å²) < 4.78 is 5.20. The Morgan fingerprint density at radius 2 is 2.26 bits per heavy atom. The number of benzene rings is 1. The molecule has 0 saturated carbocycles. The first kappa shape index (κ1) is 14.2. The van der Waals surface area contributed by atoms with E-state index >= 15 is 0 Å². The van der Waals surface area contributed by atoms with Gasteiger partial charge in [-0.1, -0.05) is 11.6 Å². The maximum absolute atomic E-state index is 12.3. The van der Waals surface area contributed by atoms with Crippen molar-refractivity contribution in [3.8, 4) is 5.75 Å². The van der Waals surface area contributed by atoms with E-state index < -0.39 is 0 Å². The summed E-state index contributed by atoms with van der Waals surface area (Å²) in [7, 11) is 1.55. The van der Waals surface area contributed by atoms with Crippen LogP contribution in [-0.2, 0) is 0 Å². The lowest BCUT2D eigenvalue weighted by molar-refractivity contribution is 0.0931. The molecule has 0 spiro atoms. The summed E-state index contributed by atoms with van der Waals surface area (Å²) in [6, 6.07) is 5.29. The van der Waals surface area contributed by atoms with Crippen LogP contribution in [0.4, 0.5) is 0 Å². The quantitative estimate of drug-likeness (QED) is 0.894. The number of amides is 1. The second-order valence-electron chi connectivity index (χ2n) is 4.70. The third kappa shape index (κ3) is 3.85. The van der Waals surface area contributed by atoms with E-state index in [2.05, 4.69) is 10.6 Å². The van der Waals surface area contributed by atoms with E-state index in [9.17, 15) is 4.79 Å². The van der Waals surface area contributed by atoms with Crippen molar-refractivity contribution in [2.45, 2.75) is 25.3 Å². The molecule has 2 rings (SSSR count). The minimum atomic E-state index is -0.119. The topological polar surface area (TPSA) is 50.4 Å². The molecule has 1 aromatic rings. The van der Waals surface area contributed by atoms with Crippen LogP contribution in [0.5, 0.6) is 5.75 Å². The van der Waals surface area contributed by atoms with Gasteiger partial charge in [-0.25, -0.2) is 0 Å². The Morgan fingerprint density at radius 3 is 3.05 bits per heavy atom. The maximum Gasteiger partial charge on any atom is 0.255 e. The molecule has 2 N–H and O–H groups in total. The van der Waals surface area contributed by atoms with E-state index in [-0.39, 0.29) is 11.9 Å². The fourth-order valence-corrected chi connectivity index (χ4v) is 2.46. The van der Waals surface area contributed by atoms with E-state index in [0.29, 0.717) is 16.3 Å². The Morgan fingerprint density at radius 1 is 1.42 bits per heavy atom. The van der Waals surface area contributed by atoms with Crippen molar-refractivity contribution in [1.82, 2.24) is 10.6 Å². The maximum atomic E-state index is 12.3. The molecule has 0 aliphatic carbocycles. The predicted octanol–water partition coefficient (Wildman–Crippen LogP) is 2.22. The molecule has 1 saturated heterocycles. The van der Waals surface area contributed by atoms with Crippen molar-refractivity contribution in [3.05, 3.63) is 28.8 Å². The molecule has 1 fully saturated rings. The number of carbonyl (C=O) groups is 1. The smallest absolute Gasteiger partial charge is 0.255 e. The molecule has 0 radical (unpaired) electrons. The third-order valence-corrected chi connectivity index (χ3v) is 3.55. The zero-order valence-corrected chi connectivity index (χ0v) is 11.8. The normalized spacial score (nSPS) is 19.6. The highest BCUT2D eigenvalue weighted by atomic mass is 35.5. The summed E-state index contributed by atoms with van der Waals surface area (Å²) in [4.78, 5) is 12.3. The van der Waals surface area contributed by atoms with E-state index in [4.69, 9.17) is 16.3 Å². The first-order valence-corrected chi connectivity index (χ1v) is 6.93. The van der Waals surface area contributed by atoms with Crippen molar-refractivity contribution in [3.63, 3.8) is 0 Å². The number of hydrogen-bond donors (Lipinski definition) is 2. The molecule has 19 heavy (non-hydrogen) atoms. The van der Waals surface area contributed by atoms with Crippen molar-refractivity contribution in [2.75, 3.05) is 20.2 Å². The van der Waals surface area contributed by atoms with Crippen LogP contribution in [0, 0.1) is 0 Å². The van der Waals surface area contributed by atoms with Gasteiger partial charge in [-0.15, -0.1) is 0 Å². The van der Waals surface area contributed by atoms with Gasteiger partial charge in [0.15, 0.2) is 0 Å². The second kappa shape index (κ2) is 6.78. The largest absolute Gasteiger partial charge is 0.496 e. The van der Waals surface area contributed by atoms with Crippen LogP contribution in [0.3, 0.4) is 0 Å². The van der Waals surface area contributed by atoms with E-state index in [0.717, 1.165) is 32.4 Å². The number of rotatable bonds is 3. The molecular formula is C14H19ClN2O2. The number of methoxy groups -OCH3 is 1. The number of carbonyl (C=O) groups excluding carboxylic acids is 1. The van der Waals surface area contributed by atoms with Crippen LogP contribution < -0.4 is 15.4 Å². The highest BCUT2D eigenvalue weighted by Crippen LogP contribution is 2.22. The Hall–Kier alpha value is -1.26. The fourth-order valence-electron chi connectivity index (χ4n) is 2.28. The summed E-state index contributed by atoms with van der Waals surface area (Å²) in [5.41, 5.74) is 0.493. The van der Waals surface area contributed by atoms with Gasteiger partial charge in [-0.3, -0.25) is 4.79 Å². The first-order valence-electron chi connectivity index (χ1n) is 6.56. The summed E-state index contributed by atoms with van der Waals surface area (Å²) in [6.45, 7) is 1.96. The fraction of sp³-hybridized carbons (Fsp3) is 0.500. The number of ether oxygens (including phenoxy) is 1. The zero-order valence-electron chi connectivity index (χ0n) is 11.0. The van der Waals surface area contributed by atoms with Gasteiger partial charge in [0.1, 0.15) is 5.75 Å². The summed E-state index contributed by atoms with van der Waals surface area (Å²) in [5.74, 6) is 0.430. The molecule has 1 aliphatic rings. The molecule has 1 unspecified atom stereocenters. The van der Waals surface area contributed by atoms with Gasteiger partial charge in [0.05, 0.1) is 12.7 Å². The highest BCUT2D eigenvalue weighted by Gasteiger charge is 2.18. The Balaban J connectivity index is 2.08. The molecule has 1 atom stereocenters. The molecule has 1 aliphatic heterocycles. The Bertz CT molecular complexity index is 443. The summed E-state index contributed by atoms with van der Waals surface area (Å²) in [6.07, 6.45) is 3.04. The molecule has 1 amide bonds. The predicted molar refractivity (Wildman–Crippen MR) is 76.0 cm³/mol. The van der Waals surface area contributed by atoms with Crippen molar-refractivity contribution in [1.29, 1.82) is 0 Å². The SMILES string of the molecule is COc1ccc(Cl)cc1C(=O)NC1CCCNCC1. The van der Waals surface area contributed by atoms with Gasteiger partial charge in [-0.2, -0.15) is 0 Å². The third-order valence-electron chi connectivity index (χ3n) is 3.32. The van der Waals surface area contributed by atoms with Gasteiger partial charge in [0.25, 0.3) is 5.91 Å². The minimum absolute atomic E-state index is 0.119. The highest BCUT2D eigenvalue weighted by molar-refractivity contribution is 6.31. The molecule has 104 valence electrons. The Kier molecular flexibility index (Phi) is 5.05. The first-order chi connectivity index (χ1) is 9.20. The molecule has 0 aromatic heterocycles. The van der Waals surface area contributed by atoms with Gasteiger partial charge in [0, 0.05) is 11.1 Å². The number of halogens is 1. The summed E-state index contributed by atoms with van der Waals surface area (Å²) in [5, 5.41) is 6.92. The number of nitrogens with one attached hydrogen (secondary N) is 2. The lowest BCUT2D eigenvalue weighted by Gasteiger charge is -2.17. The van der Waals surface area contributed by atoms with Crippen LogP contribution in [0.1, 0.15) is 29.6 Å². The molecule has 1 aromatic carbocycles. The van der Waals surface area contributed by atoms with Crippen LogP contribution >= 0.6 is 11.6 Å². The molecule has 0 bridgehead atoms. The van der Waals surface area contributed by atoms with Crippen LogP contribution in [0.15, 0.2) is 18.2 Å². The lowest BCUT2D eigenvalue weighted by atomic mass is 10.1. The average molecular weight is 283 g/mol. The second-order valence-corrected chi connectivity index (χ2v) is 5.13. The zero-order chi connectivity index (χ0) is 13.7. The van der Waals surface area contributed by atoms with Gasteiger partial charge < -0.3 is 15.4 Å². The Labute approximate surface area is 118 Å². The molecule has 1 heterocycles. The summed E-state index contributed by atoms with van der Waals surface area (Å²) >= 11 is 5.94. The standard InChI is InChI=1S/C14H19ClN2O2/c1-19-13-5-4-10(15)9-12(13)14(18)17-11-3-2-7-16-8-6-11/h4-5,9,11,16H,2-3,6-8H2,1H3,(H,17,18). The van der Waals surface area contributed by atoms with Crippen LogP contribution in [-0.4, -0.2) is 32.1 Å². The van der Waals surface area contributed by atoms with E-state index in [1.165, 1.54) is 0 Å². The van der Waals surface area contributed by atoms with Crippen molar-refractivity contribution < 1.29 is 9.53 Å². The number of hydrogen-bond acceptors (Lipinski definition) is 3. The minimum Gasteiger partial charge on any atom is -0.496 e. The molecule has 5 heteroatoms. The molecule has 4 nitrogen and oxygen atoms in total. The average Bonchev–Trinajstić information content (AvgIpc) is 2.67. The molecular weight excluding hydrogens is 264 g/mol. The van der Waals surface area contributed by atoms with Crippen LogP contribution in [0.2, 0.25) is 5.02 Å². The lowest BCUT2D eigenvalue weighted by Crippen LogP contribution is -2.35. The van der Waals surface area contributed by atoms with E-state index in [1.807, 2.05) is 0 Å². The van der Waals surface area contributed by atoms with Crippen molar-refractivity contribution >= 4 is 17.5 Å². The van der Waals surface area contributed by atoms with Gasteiger partial charge in [0.2, 0.25) is 0 Å². The van der Waals surface area contributed by atoms with Crippen LogP contribution in [0.25, 0.3) is 0 Å².